The number of H-pyrrole nitrogens is 1. The van der Waals surface area contributed by atoms with Gasteiger partial charge in [0.15, 0.2) is 23.4 Å². The number of carbonyl (C=O) groups excluding carboxylic acids is 1. The molecular weight excluding hydrogens is 384 g/mol. The second-order valence-electron chi connectivity index (χ2n) is 6.39. The van der Waals surface area contributed by atoms with Crippen molar-refractivity contribution < 1.29 is 19.0 Å². The van der Waals surface area contributed by atoms with Crippen molar-refractivity contribution in [2.45, 2.75) is 13.0 Å². The first kappa shape index (κ1) is 20.9. The molecule has 1 aromatic heterocycles. The number of nitrogens with zero attached hydrogens (tertiary/aromatic N) is 1. The number of carbonyl (C=O) groups is 1. The summed E-state index contributed by atoms with van der Waals surface area (Å²) in [6, 6.07) is 12.3. The predicted molar refractivity (Wildman–Crippen MR) is 115 cm³/mol. The quantitative estimate of drug-likeness (QED) is 0.348. The topological polar surface area (TPSA) is 90.5 Å². The van der Waals surface area contributed by atoms with Crippen LogP contribution in [0, 0.1) is 0 Å². The molecule has 7 nitrogen and oxygen atoms in total. The third-order valence-electron chi connectivity index (χ3n) is 4.27. The van der Waals surface area contributed by atoms with Gasteiger partial charge in [-0.05, 0) is 42.8 Å². The van der Waals surface area contributed by atoms with Gasteiger partial charge in [0.05, 0.1) is 18.0 Å². The third kappa shape index (κ3) is 4.94. The Hall–Kier alpha value is -3.87. The summed E-state index contributed by atoms with van der Waals surface area (Å²) in [4.78, 5) is 31.4. The second-order valence-corrected chi connectivity index (χ2v) is 6.39. The highest BCUT2D eigenvalue weighted by molar-refractivity contribution is 5.87. The molecule has 7 heteroatoms. The SMILES string of the molecule is C=CCOc1ccc(/C=C/C(=O)O[C@@H](C)c2nc3ccccc3c(=O)[nH]2)cc1OC. The molecule has 0 radical (unpaired) electrons. The molecule has 1 heterocycles. The van der Waals surface area contributed by atoms with Crippen molar-refractivity contribution in [3.63, 3.8) is 0 Å². The number of hydrogen-bond donors (Lipinski definition) is 1. The molecule has 1 N–H and O–H groups in total. The Labute approximate surface area is 173 Å². The molecule has 3 rings (SSSR count). The second kappa shape index (κ2) is 9.56. The van der Waals surface area contributed by atoms with E-state index in [1.165, 1.54) is 13.2 Å². The molecule has 0 aliphatic heterocycles. The van der Waals surface area contributed by atoms with E-state index in [0.717, 1.165) is 5.56 Å². The molecule has 0 amide bonds. The van der Waals surface area contributed by atoms with Crippen LogP contribution in [-0.2, 0) is 9.53 Å². The number of benzene rings is 2. The van der Waals surface area contributed by atoms with Gasteiger partial charge < -0.3 is 19.2 Å². The number of hydrogen-bond acceptors (Lipinski definition) is 6. The molecule has 0 saturated carbocycles. The van der Waals surface area contributed by atoms with Gasteiger partial charge in [0.25, 0.3) is 5.56 Å². The largest absolute Gasteiger partial charge is 0.493 e. The van der Waals surface area contributed by atoms with Crippen molar-refractivity contribution in [2.24, 2.45) is 0 Å². The summed E-state index contributed by atoms with van der Waals surface area (Å²) < 4.78 is 16.2. The van der Waals surface area contributed by atoms with E-state index in [2.05, 4.69) is 16.5 Å². The maximum absolute atomic E-state index is 12.2. The van der Waals surface area contributed by atoms with E-state index >= 15 is 0 Å². The van der Waals surface area contributed by atoms with Crippen molar-refractivity contribution in [3.8, 4) is 11.5 Å². The Kier molecular flexibility index (Phi) is 6.64. The van der Waals surface area contributed by atoms with Crippen LogP contribution in [0.4, 0.5) is 0 Å². The molecule has 0 saturated heterocycles. The minimum absolute atomic E-state index is 0.278. The number of ether oxygens (including phenoxy) is 3. The number of aromatic amines is 1. The van der Waals surface area contributed by atoms with Crippen LogP contribution in [-0.4, -0.2) is 29.7 Å². The number of methoxy groups -OCH3 is 1. The molecule has 2 aromatic carbocycles. The molecule has 0 fully saturated rings. The van der Waals surface area contributed by atoms with Crippen LogP contribution >= 0.6 is 0 Å². The van der Waals surface area contributed by atoms with Crippen LogP contribution in [0.2, 0.25) is 0 Å². The van der Waals surface area contributed by atoms with Gasteiger partial charge in [0.2, 0.25) is 0 Å². The van der Waals surface area contributed by atoms with Crippen molar-refractivity contribution in [2.75, 3.05) is 13.7 Å². The normalized spacial score (nSPS) is 11.9. The monoisotopic (exact) mass is 406 g/mol. The lowest BCUT2D eigenvalue weighted by Crippen LogP contribution is -2.16. The van der Waals surface area contributed by atoms with E-state index in [4.69, 9.17) is 14.2 Å². The fraction of sp³-hybridized carbons (Fsp3) is 0.174. The molecule has 1 atom stereocenters. The molecule has 0 aliphatic carbocycles. The number of aromatic nitrogens is 2. The lowest BCUT2D eigenvalue weighted by molar-refractivity contribution is -0.142. The first-order valence-corrected chi connectivity index (χ1v) is 9.31. The Balaban J connectivity index is 1.70. The van der Waals surface area contributed by atoms with Gasteiger partial charge in [0, 0.05) is 6.08 Å². The number of nitrogens with one attached hydrogen (secondary N) is 1. The highest BCUT2D eigenvalue weighted by Gasteiger charge is 2.14. The first-order chi connectivity index (χ1) is 14.5. The zero-order valence-electron chi connectivity index (χ0n) is 16.8. The van der Waals surface area contributed by atoms with Gasteiger partial charge in [0.1, 0.15) is 6.61 Å². The molecule has 0 aliphatic rings. The van der Waals surface area contributed by atoms with E-state index < -0.39 is 12.1 Å². The first-order valence-electron chi connectivity index (χ1n) is 9.31. The lowest BCUT2D eigenvalue weighted by atomic mass is 10.2. The number of fused-ring (bicyclic) bond motifs is 1. The standard InChI is InChI=1S/C23H22N2O5/c1-4-13-29-19-11-9-16(14-20(19)28-3)10-12-21(26)30-15(2)22-24-18-8-6-5-7-17(18)23(27)25-22/h4-12,14-15H,1,13H2,2-3H3,(H,24,25,27)/b12-10+/t15-/m0/s1. The van der Waals surface area contributed by atoms with E-state index in [0.29, 0.717) is 29.0 Å². The van der Waals surface area contributed by atoms with Gasteiger partial charge >= 0.3 is 5.97 Å². The van der Waals surface area contributed by atoms with E-state index in [-0.39, 0.29) is 11.4 Å². The molecule has 3 aromatic rings. The Morgan fingerprint density at radius 1 is 1.23 bits per heavy atom. The highest BCUT2D eigenvalue weighted by Crippen LogP contribution is 2.28. The smallest absolute Gasteiger partial charge is 0.331 e. The lowest BCUT2D eigenvalue weighted by Gasteiger charge is -2.12. The van der Waals surface area contributed by atoms with Crippen LogP contribution < -0.4 is 15.0 Å². The van der Waals surface area contributed by atoms with Crippen molar-refractivity contribution in [3.05, 3.63) is 82.9 Å². The summed E-state index contributed by atoms with van der Waals surface area (Å²) in [5.74, 6) is 0.839. The van der Waals surface area contributed by atoms with Gasteiger partial charge in [-0.25, -0.2) is 9.78 Å². The molecule has 0 unspecified atom stereocenters. The maximum Gasteiger partial charge on any atom is 0.331 e. The maximum atomic E-state index is 12.2. The van der Waals surface area contributed by atoms with Crippen LogP contribution in [0.1, 0.15) is 24.4 Å². The predicted octanol–water partition coefficient (Wildman–Crippen LogP) is 3.81. The molecular formula is C23H22N2O5. The van der Waals surface area contributed by atoms with Crippen molar-refractivity contribution >= 4 is 22.9 Å². The summed E-state index contributed by atoms with van der Waals surface area (Å²) >= 11 is 0. The number of esters is 1. The zero-order valence-corrected chi connectivity index (χ0v) is 16.8. The summed E-state index contributed by atoms with van der Waals surface area (Å²) in [5, 5.41) is 0.481. The summed E-state index contributed by atoms with van der Waals surface area (Å²) in [5.41, 5.74) is 1.00. The van der Waals surface area contributed by atoms with Gasteiger partial charge in [-0.15, -0.1) is 0 Å². The number of rotatable bonds is 8. The minimum atomic E-state index is -0.719. The average Bonchev–Trinajstić information content (AvgIpc) is 2.76. The van der Waals surface area contributed by atoms with Crippen LogP contribution in [0.3, 0.4) is 0 Å². The highest BCUT2D eigenvalue weighted by atomic mass is 16.5. The van der Waals surface area contributed by atoms with Gasteiger partial charge in [-0.2, -0.15) is 0 Å². The van der Waals surface area contributed by atoms with Crippen molar-refractivity contribution in [1.29, 1.82) is 0 Å². The van der Waals surface area contributed by atoms with Gasteiger partial charge in [-0.3, -0.25) is 4.79 Å². The average molecular weight is 406 g/mol. The van der Waals surface area contributed by atoms with E-state index in [1.54, 1.807) is 61.5 Å². The Bertz CT molecular complexity index is 1150. The Morgan fingerprint density at radius 2 is 2.03 bits per heavy atom. The molecule has 0 spiro atoms. The molecule has 30 heavy (non-hydrogen) atoms. The van der Waals surface area contributed by atoms with Crippen LogP contribution in [0.25, 0.3) is 17.0 Å². The molecule has 0 bridgehead atoms. The summed E-state index contributed by atoms with van der Waals surface area (Å²) in [6.07, 6.45) is 3.83. The van der Waals surface area contributed by atoms with Gasteiger partial charge in [-0.1, -0.05) is 30.9 Å². The fourth-order valence-electron chi connectivity index (χ4n) is 2.79. The van der Waals surface area contributed by atoms with Crippen LogP contribution in [0.15, 0.2) is 66.0 Å². The summed E-state index contributed by atoms with van der Waals surface area (Å²) in [7, 11) is 1.54. The molecule has 154 valence electrons. The Morgan fingerprint density at radius 3 is 2.80 bits per heavy atom. The number of para-hydroxylation sites is 1. The summed E-state index contributed by atoms with van der Waals surface area (Å²) in [6.45, 7) is 5.62. The fourth-order valence-corrected chi connectivity index (χ4v) is 2.79. The zero-order chi connectivity index (χ0) is 21.5. The minimum Gasteiger partial charge on any atom is -0.493 e. The van der Waals surface area contributed by atoms with Crippen molar-refractivity contribution in [1.82, 2.24) is 9.97 Å². The van der Waals surface area contributed by atoms with Crippen LogP contribution in [0.5, 0.6) is 11.5 Å². The van der Waals surface area contributed by atoms with E-state index in [1.807, 2.05) is 0 Å². The van der Waals surface area contributed by atoms with E-state index in [9.17, 15) is 9.59 Å². The third-order valence-corrected chi connectivity index (χ3v) is 4.27.